The summed E-state index contributed by atoms with van der Waals surface area (Å²) in [5.74, 6) is 2.05. The van der Waals surface area contributed by atoms with Crippen molar-refractivity contribution in [2.24, 2.45) is 5.92 Å². The summed E-state index contributed by atoms with van der Waals surface area (Å²) < 4.78 is 0. The van der Waals surface area contributed by atoms with E-state index in [2.05, 4.69) is 26.2 Å². The van der Waals surface area contributed by atoms with Crippen molar-refractivity contribution in [2.75, 3.05) is 42.9 Å². The third-order valence-electron chi connectivity index (χ3n) is 5.71. The number of nitrogens with one attached hydrogen (secondary N) is 1. The lowest BCUT2D eigenvalue weighted by molar-refractivity contribution is 0.145. The second kappa shape index (κ2) is 7.28. The van der Waals surface area contributed by atoms with Crippen LogP contribution in [-0.2, 0) is 0 Å². The highest BCUT2D eigenvalue weighted by molar-refractivity contribution is 5.66. The fraction of sp³-hybridized carbons (Fsp3) is 0.737. The summed E-state index contributed by atoms with van der Waals surface area (Å²) in [6.07, 6.45) is 8.76. The smallest absolute Gasteiger partial charge is 0.151 e. The van der Waals surface area contributed by atoms with Crippen LogP contribution in [0.5, 0.6) is 0 Å². The number of nitrogens with zero attached hydrogens (tertiary/aromatic N) is 3. The van der Waals surface area contributed by atoms with Crippen molar-refractivity contribution in [2.45, 2.75) is 50.7 Å². The molecule has 2 aliphatic heterocycles. The average Bonchev–Trinajstić information content (AvgIpc) is 3.42. The maximum absolute atomic E-state index is 9.73. The Morgan fingerprint density at radius 1 is 1.04 bits per heavy atom. The molecule has 3 heterocycles. The Hall–Kier alpha value is -1.33. The minimum atomic E-state index is -0.142. The highest BCUT2D eigenvalue weighted by Gasteiger charge is 2.27. The topological polar surface area (TPSA) is 51.6 Å². The van der Waals surface area contributed by atoms with Gasteiger partial charge in [-0.05, 0) is 56.6 Å². The van der Waals surface area contributed by atoms with Gasteiger partial charge in [0.05, 0.1) is 11.8 Å². The number of pyridine rings is 1. The Labute approximate surface area is 145 Å². The molecule has 0 radical (unpaired) electrons. The van der Waals surface area contributed by atoms with Crippen LogP contribution in [0.4, 0.5) is 11.5 Å². The van der Waals surface area contributed by atoms with E-state index in [4.69, 9.17) is 0 Å². The van der Waals surface area contributed by atoms with Crippen molar-refractivity contribution in [1.29, 1.82) is 0 Å². The molecule has 0 bridgehead atoms. The summed E-state index contributed by atoms with van der Waals surface area (Å²) in [7, 11) is 0. The van der Waals surface area contributed by atoms with E-state index in [9.17, 15) is 5.11 Å². The van der Waals surface area contributed by atoms with E-state index in [-0.39, 0.29) is 6.10 Å². The number of hydrogen-bond donors (Lipinski definition) is 2. The fourth-order valence-electron chi connectivity index (χ4n) is 3.98. The van der Waals surface area contributed by atoms with Gasteiger partial charge in [0.2, 0.25) is 0 Å². The average molecular weight is 330 g/mol. The van der Waals surface area contributed by atoms with Crippen LogP contribution in [-0.4, -0.2) is 59.9 Å². The Balaban J connectivity index is 1.34. The Kier molecular flexibility index (Phi) is 4.90. The fourth-order valence-corrected chi connectivity index (χ4v) is 3.98. The second-order valence-electron chi connectivity index (χ2n) is 7.76. The van der Waals surface area contributed by atoms with E-state index in [1.165, 1.54) is 45.3 Å². The van der Waals surface area contributed by atoms with E-state index >= 15 is 0 Å². The number of aliphatic hydroxyl groups is 1. The first-order valence-corrected chi connectivity index (χ1v) is 9.65. The molecule has 3 fully saturated rings. The number of aromatic nitrogens is 1. The molecule has 2 saturated heterocycles. The lowest BCUT2D eigenvalue weighted by Gasteiger charge is -2.35. The van der Waals surface area contributed by atoms with E-state index in [0.29, 0.717) is 6.04 Å². The van der Waals surface area contributed by atoms with Crippen LogP contribution >= 0.6 is 0 Å². The molecule has 0 unspecified atom stereocenters. The molecule has 0 spiro atoms. The number of rotatable bonds is 5. The number of anilines is 2. The lowest BCUT2D eigenvalue weighted by Crippen LogP contribution is -2.41. The lowest BCUT2D eigenvalue weighted by atomic mass is 10.0. The zero-order chi connectivity index (χ0) is 16.4. The normalized spacial score (nSPS) is 24.3. The molecule has 1 aromatic rings. The predicted molar refractivity (Wildman–Crippen MR) is 97.5 cm³/mol. The Bertz CT molecular complexity index is 532. The summed E-state index contributed by atoms with van der Waals surface area (Å²) in [5, 5.41) is 13.5. The largest absolute Gasteiger partial charge is 0.393 e. The molecule has 1 aliphatic carbocycles. The first-order chi connectivity index (χ1) is 11.8. The van der Waals surface area contributed by atoms with Crippen LogP contribution in [0, 0.1) is 5.92 Å². The van der Waals surface area contributed by atoms with Crippen LogP contribution in [0.1, 0.15) is 38.5 Å². The summed E-state index contributed by atoms with van der Waals surface area (Å²) in [4.78, 5) is 9.59. The van der Waals surface area contributed by atoms with E-state index in [1.54, 1.807) is 0 Å². The van der Waals surface area contributed by atoms with Gasteiger partial charge in [0.15, 0.2) is 5.82 Å². The first kappa shape index (κ1) is 16.2. The monoisotopic (exact) mass is 330 g/mol. The number of hydrogen-bond acceptors (Lipinski definition) is 5. The van der Waals surface area contributed by atoms with Gasteiger partial charge in [0.25, 0.3) is 0 Å². The third-order valence-corrected chi connectivity index (χ3v) is 5.71. The van der Waals surface area contributed by atoms with Crippen molar-refractivity contribution >= 4 is 11.5 Å². The van der Waals surface area contributed by atoms with Gasteiger partial charge in [-0.15, -0.1) is 0 Å². The summed E-state index contributed by atoms with van der Waals surface area (Å²) in [5.41, 5.74) is 1.16. The van der Waals surface area contributed by atoms with Crippen molar-refractivity contribution in [3.05, 3.63) is 18.3 Å². The zero-order valence-corrected chi connectivity index (χ0v) is 14.5. The highest BCUT2D eigenvalue weighted by atomic mass is 16.3. The molecule has 2 N–H and O–H groups in total. The quantitative estimate of drug-likeness (QED) is 0.868. The number of aliphatic hydroxyl groups excluding tert-OH is 1. The molecule has 132 valence electrons. The Morgan fingerprint density at radius 3 is 2.50 bits per heavy atom. The van der Waals surface area contributed by atoms with E-state index in [1.807, 2.05) is 12.3 Å². The molecule has 1 aromatic heterocycles. The van der Waals surface area contributed by atoms with Gasteiger partial charge >= 0.3 is 0 Å². The first-order valence-electron chi connectivity index (χ1n) is 9.65. The third kappa shape index (κ3) is 4.01. The van der Waals surface area contributed by atoms with Gasteiger partial charge in [-0.25, -0.2) is 4.98 Å². The summed E-state index contributed by atoms with van der Waals surface area (Å²) >= 11 is 0. The van der Waals surface area contributed by atoms with E-state index < -0.39 is 0 Å². The zero-order valence-electron chi connectivity index (χ0n) is 14.5. The molecule has 5 heteroatoms. The molecule has 5 nitrogen and oxygen atoms in total. The molecule has 0 aromatic carbocycles. The number of likely N-dealkylation sites (tertiary alicyclic amines) is 1. The minimum Gasteiger partial charge on any atom is -0.393 e. The minimum absolute atomic E-state index is 0.142. The summed E-state index contributed by atoms with van der Waals surface area (Å²) in [6.45, 7) is 5.56. The van der Waals surface area contributed by atoms with E-state index in [0.717, 1.165) is 43.4 Å². The van der Waals surface area contributed by atoms with Crippen LogP contribution in [0.15, 0.2) is 18.3 Å². The molecular weight excluding hydrogens is 300 g/mol. The van der Waals surface area contributed by atoms with Gasteiger partial charge in [-0.1, -0.05) is 0 Å². The molecule has 4 rings (SSSR count). The van der Waals surface area contributed by atoms with Crippen molar-refractivity contribution in [3.63, 3.8) is 0 Å². The summed E-state index contributed by atoms with van der Waals surface area (Å²) in [6, 6.07) is 4.73. The van der Waals surface area contributed by atoms with Gasteiger partial charge in [0, 0.05) is 45.0 Å². The molecular formula is C19H30N4O. The van der Waals surface area contributed by atoms with Gasteiger partial charge in [-0.2, -0.15) is 0 Å². The van der Waals surface area contributed by atoms with Crippen LogP contribution in [0.25, 0.3) is 0 Å². The van der Waals surface area contributed by atoms with Crippen molar-refractivity contribution in [1.82, 2.24) is 9.88 Å². The highest BCUT2D eigenvalue weighted by Crippen LogP contribution is 2.31. The van der Waals surface area contributed by atoms with Crippen molar-refractivity contribution in [3.8, 4) is 0 Å². The van der Waals surface area contributed by atoms with Gasteiger partial charge in [-0.3, -0.25) is 0 Å². The molecule has 1 saturated carbocycles. The standard InChI is InChI=1S/C19H30N4O/c24-17-7-12-23(13-8-17)19-18(2-1-9-20-19)21-16-5-10-22(11-6-16)14-15-3-4-15/h1-2,9,15-17,21,24H,3-8,10-14H2. The number of piperidine rings is 2. The maximum atomic E-state index is 9.73. The van der Waals surface area contributed by atoms with Crippen LogP contribution in [0.3, 0.4) is 0 Å². The SMILES string of the molecule is OC1CCN(c2ncccc2NC2CCN(CC3CC3)CC2)CC1. The van der Waals surface area contributed by atoms with Gasteiger partial charge in [0.1, 0.15) is 0 Å². The maximum Gasteiger partial charge on any atom is 0.151 e. The second-order valence-corrected chi connectivity index (χ2v) is 7.76. The van der Waals surface area contributed by atoms with Gasteiger partial charge < -0.3 is 20.2 Å². The molecule has 0 amide bonds. The molecule has 0 atom stereocenters. The Morgan fingerprint density at radius 2 is 1.79 bits per heavy atom. The van der Waals surface area contributed by atoms with Crippen LogP contribution < -0.4 is 10.2 Å². The predicted octanol–water partition coefficient (Wildman–Crippen LogP) is 2.33. The molecule has 3 aliphatic rings. The van der Waals surface area contributed by atoms with Crippen molar-refractivity contribution < 1.29 is 5.11 Å². The van der Waals surface area contributed by atoms with Crippen LogP contribution in [0.2, 0.25) is 0 Å². The molecule has 24 heavy (non-hydrogen) atoms.